The van der Waals surface area contributed by atoms with Gasteiger partial charge in [0, 0.05) is 29.4 Å². The molecule has 3 heterocycles. The van der Waals surface area contributed by atoms with Crippen LogP contribution in [0.3, 0.4) is 0 Å². The zero-order valence-electron chi connectivity index (χ0n) is 13.0. The highest BCUT2D eigenvalue weighted by atomic mass is 19.1. The maximum atomic E-state index is 13.9. The molecule has 0 amide bonds. The lowest BCUT2D eigenvalue weighted by molar-refractivity contribution is 0.570. The summed E-state index contributed by atoms with van der Waals surface area (Å²) in [6.45, 7) is 0.125. The number of anilines is 2. The van der Waals surface area contributed by atoms with Crippen molar-refractivity contribution < 1.29 is 8.78 Å². The fourth-order valence-corrected chi connectivity index (χ4v) is 2.56. The number of nitrogens with zero attached hydrogens (tertiary/aromatic N) is 4. The molecule has 0 saturated heterocycles. The first-order chi connectivity index (χ1) is 12.2. The van der Waals surface area contributed by atoms with Crippen molar-refractivity contribution in [3.8, 4) is 0 Å². The molecule has 0 aliphatic carbocycles. The van der Waals surface area contributed by atoms with Crippen LogP contribution < -0.4 is 5.32 Å². The molecule has 25 heavy (non-hydrogen) atoms. The predicted molar refractivity (Wildman–Crippen MR) is 90.5 cm³/mol. The van der Waals surface area contributed by atoms with Gasteiger partial charge in [0.2, 0.25) is 0 Å². The second-order valence-electron chi connectivity index (χ2n) is 5.51. The first-order valence-electron chi connectivity index (χ1n) is 7.62. The summed E-state index contributed by atoms with van der Waals surface area (Å²) in [7, 11) is 0. The second-order valence-corrected chi connectivity index (χ2v) is 5.51. The highest BCUT2D eigenvalue weighted by molar-refractivity contribution is 5.80. The molecule has 0 unspecified atom stereocenters. The molecule has 1 aromatic carbocycles. The number of rotatable bonds is 4. The standard InChI is InChI=1S/C18H13F2N5/c19-14-4-5-15(20)12(7-14)11-25-16-8-18(22-9-13(16)10-23-25)24-17-3-1-2-6-21-17/h1-10H,11H2,(H,21,22,24). The van der Waals surface area contributed by atoms with Gasteiger partial charge in [0.25, 0.3) is 0 Å². The van der Waals surface area contributed by atoms with E-state index in [1.165, 1.54) is 6.07 Å². The van der Waals surface area contributed by atoms with Gasteiger partial charge < -0.3 is 5.32 Å². The molecule has 0 spiro atoms. The number of hydrogen-bond acceptors (Lipinski definition) is 4. The van der Waals surface area contributed by atoms with Crippen LogP contribution in [0.15, 0.2) is 61.1 Å². The number of fused-ring (bicyclic) bond motifs is 1. The van der Waals surface area contributed by atoms with E-state index < -0.39 is 11.6 Å². The molecule has 0 radical (unpaired) electrons. The van der Waals surface area contributed by atoms with E-state index in [0.717, 1.165) is 23.0 Å². The lowest BCUT2D eigenvalue weighted by atomic mass is 10.2. The summed E-state index contributed by atoms with van der Waals surface area (Å²) in [5, 5.41) is 8.16. The Labute approximate surface area is 142 Å². The number of nitrogens with one attached hydrogen (secondary N) is 1. The van der Waals surface area contributed by atoms with Crippen LogP contribution in [0, 0.1) is 11.6 Å². The van der Waals surface area contributed by atoms with Gasteiger partial charge in [-0.25, -0.2) is 18.7 Å². The Morgan fingerprint density at radius 1 is 0.960 bits per heavy atom. The Bertz CT molecular complexity index is 1030. The van der Waals surface area contributed by atoms with Gasteiger partial charge in [-0.2, -0.15) is 5.10 Å². The Morgan fingerprint density at radius 2 is 1.88 bits per heavy atom. The van der Waals surface area contributed by atoms with Gasteiger partial charge in [0.05, 0.1) is 18.3 Å². The minimum absolute atomic E-state index is 0.125. The van der Waals surface area contributed by atoms with Crippen molar-refractivity contribution in [1.82, 2.24) is 19.7 Å². The molecule has 124 valence electrons. The zero-order valence-corrected chi connectivity index (χ0v) is 13.0. The normalized spacial score (nSPS) is 11.0. The molecular formula is C18H13F2N5. The predicted octanol–water partition coefficient (Wildman–Crippen LogP) is 3.90. The number of hydrogen-bond donors (Lipinski definition) is 1. The van der Waals surface area contributed by atoms with Gasteiger partial charge in [0.1, 0.15) is 23.3 Å². The van der Waals surface area contributed by atoms with Crippen LogP contribution in [0.4, 0.5) is 20.4 Å². The summed E-state index contributed by atoms with van der Waals surface area (Å²) in [6, 6.07) is 10.7. The summed E-state index contributed by atoms with van der Waals surface area (Å²) in [5.74, 6) is 0.308. The Morgan fingerprint density at radius 3 is 2.72 bits per heavy atom. The molecule has 4 aromatic rings. The van der Waals surface area contributed by atoms with E-state index in [1.54, 1.807) is 29.3 Å². The Kier molecular flexibility index (Phi) is 3.81. The third-order valence-electron chi connectivity index (χ3n) is 3.78. The van der Waals surface area contributed by atoms with E-state index in [4.69, 9.17) is 0 Å². The molecule has 0 bridgehead atoms. The fraction of sp³-hybridized carbons (Fsp3) is 0.0556. The summed E-state index contributed by atoms with van der Waals surface area (Å²) in [4.78, 5) is 8.50. The van der Waals surface area contributed by atoms with Crippen molar-refractivity contribution in [2.75, 3.05) is 5.32 Å². The SMILES string of the molecule is Fc1ccc(F)c(Cn2ncc3cnc(Nc4ccccn4)cc32)c1. The molecule has 0 fully saturated rings. The van der Waals surface area contributed by atoms with E-state index in [1.807, 2.05) is 18.2 Å². The van der Waals surface area contributed by atoms with Gasteiger partial charge in [-0.3, -0.25) is 4.68 Å². The minimum atomic E-state index is -0.480. The van der Waals surface area contributed by atoms with E-state index in [0.29, 0.717) is 11.6 Å². The largest absolute Gasteiger partial charge is 0.325 e. The first kappa shape index (κ1) is 15.2. The quantitative estimate of drug-likeness (QED) is 0.614. The van der Waals surface area contributed by atoms with Crippen molar-refractivity contribution in [3.05, 3.63) is 78.3 Å². The number of benzene rings is 1. The van der Waals surface area contributed by atoms with Gasteiger partial charge in [0.15, 0.2) is 0 Å². The smallest absolute Gasteiger partial charge is 0.133 e. The molecule has 0 aliphatic heterocycles. The van der Waals surface area contributed by atoms with E-state index in [2.05, 4.69) is 20.4 Å². The van der Waals surface area contributed by atoms with Gasteiger partial charge in [-0.15, -0.1) is 0 Å². The van der Waals surface area contributed by atoms with Crippen molar-refractivity contribution in [3.63, 3.8) is 0 Å². The summed E-state index contributed by atoms with van der Waals surface area (Å²) in [5.41, 5.74) is 0.998. The molecule has 0 saturated carbocycles. The third kappa shape index (κ3) is 3.16. The molecular weight excluding hydrogens is 324 g/mol. The van der Waals surface area contributed by atoms with Crippen LogP contribution in [0.2, 0.25) is 0 Å². The van der Waals surface area contributed by atoms with Crippen molar-refractivity contribution in [2.24, 2.45) is 0 Å². The van der Waals surface area contributed by atoms with Crippen molar-refractivity contribution in [1.29, 1.82) is 0 Å². The highest BCUT2D eigenvalue weighted by Crippen LogP contribution is 2.20. The Hall–Kier alpha value is -3.35. The fourth-order valence-electron chi connectivity index (χ4n) is 2.56. The highest BCUT2D eigenvalue weighted by Gasteiger charge is 2.10. The van der Waals surface area contributed by atoms with E-state index in [9.17, 15) is 8.78 Å². The maximum absolute atomic E-state index is 13.9. The van der Waals surface area contributed by atoms with Crippen LogP contribution in [0.1, 0.15) is 5.56 Å². The molecule has 0 atom stereocenters. The van der Waals surface area contributed by atoms with Gasteiger partial charge >= 0.3 is 0 Å². The summed E-state index contributed by atoms with van der Waals surface area (Å²) in [6.07, 6.45) is 4.99. The summed E-state index contributed by atoms with van der Waals surface area (Å²) < 4.78 is 28.9. The first-order valence-corrected chi connectivity index (χ1v) is 7.62. The van der Waals surface area contributed by atoms with Crippen LogP contribution in [0.5, 0.6) is 0 Å². The third-order valence-corrected chi connectivity index (χ3v) is 3.78. The molecule has 7 heteroatoms. The molecule has 3 aromatic heterocycles. The average molecular weight is 337 g/mol. The number of pyridine rings is 2. The molecule has 5 nitrogen and oxygen atoms in total. The van der Waals surface area contributed by atoms with Crippen LogP contribution in [-0.4, -0.2) is 19.7 Å². The van der Waals surface area contributed by atoms with E-state index in [-0.39, 0.29) is 12.1 Å². The Balaban J connectivity index is 1.68. The molecule has 1 N–H and O–H groups in total. The molecule has 4 rings (SSSR count). The number of aromatic nitrogens is 4. The molecule has 0 aliphatic rings. The maximum Gasteiger partial charge on any atom is 0.133 e. The monoisotopic (exact) mass is 337 g/mol. The van der Waals surface area contributed by atoms with Crippen LogP contribution in [0.25, 0.3) is 10.9 Å². The minimum Gasteiger partial charge on any atom is -0.325 e. The lowest BCUT2D eigenvalue weighted by Crippen LogP contribution is -2.04. The van der Waals surface area contributed by atoms with Crippen LogP contribution >= 0.6 is 0 Å². The van der Waals surface area contributed by atoms with Crippen molar-refractivity contribution in [2.45, 2.75) is 6.54 Å². The average Bonchev–Trinajstić information content (AvgIpc) is 3.01. The topological polar surface area (TPSA) is 55.6 Å². The zero-order chi connectivity index (χ0) is 17.2. The summed E-state index contributed by atoms with van der Waals surface area (Å²) >= 11 is 0. The van der Waals surface area contributed by atoms with E-state index >= 15 is 0 Å². The lowest BCUT2D eigenvalue weighted by Gasteiger charge is -2.07. The van der Waals surface area contributed by atoms with Gasteiger partial charge in [-0.05, 0) is 30.3 Å². The second kappa shape index (κ2) is 6.27. The van der Waals surface area contributed by atoms with Crippen molar-refractivity contribution >= 4 is 22.5 Å². The van der Waals surface area contributed by atoms with Crippen LogP contribution in [-0.2, 0) is 6.54 Å². The van der Waals surface area contributed by atoms with Gasteiger partial charge in [-0.1, -0.05) is 6.07 Å². The number of halogens is 2.